The summed E-state index contributed by atoms with van der Waals surface area (Å²) in [7, 11) is 0. The van der Waals surface area contributed by atoms with E-state index in [0.717, 1.165) is 11.3 Å². The third-order valence-electron chi connectivity index (χ3n) is 4.78. The van der Waals surface area contributed by atoms with Crippen molar-refractivity contribution in [3.05, 3.63) is 88.3 Å². The van der Waals surface area contributed by atoms with E-state index in [2.05, 4.69) is 15.3 Å². The normalized spacial score (nSPS) is 12.1. The number of aromatic nitrogens is 3. The van der Waals surface area contributed by atoms with Crippen LogP contribution >= 0.6 is 11.8 Å². The number of hydrogen-bond acceptors (Lipinski definition) is 4. The minimum Gasteiger partial charge on any atom is -0.353 e. The van der Waals surface area contributed by atoms with Gasteiger partial charge in [0.2, 0.25) is 5.91 Å². The molecule has 6 nitrogen and oxygen atoms in total. The molecule has 0 bridgehead atoms. The predicted molar refractivity (Wildman–Crippen MR) is 120 cm³/mol. The molecule has 0 spiro atoms. The van der Waals surface area contributed by atoms with Gasteiger partial charge in [-0.25, -0.2) is 4.98 Å². The van der Waals surface area contributed by atoms with Gasteiger partial charge in [0.05, 0.1) is 23.0 Å². The van der Waals surface area contributed by atoms with Gasteiger partial charge in [0.15, 0.2) is 5.16 Å². The first-order chi connectivity index (χ1) is 14.5. The van der Waals surface area contributed by atoms with Crippen LogP contribution in [0.1, 0.15) is 24.2 Å². The zero-order valence-corrected chi connectivity index (χ0v) is 17.6. The van der Waals surface area contributed by atoms with E-state index in [1.807, 2.05) is 80.6 Å². The average Bonchev–Trinajstić information content (AvgIpc) is 3.14. The van der Waals surface area contributed by atoms with Crippen LogP contribution in [0.25, 0.3) is 16.7 Å². The van der Waals surface area contributed by atoms with Gasteiger partial charge in [-0.05, 0) is 37.6 Å². The third kappa shape index (κ3) is 4.16. The van der Waals surface area contributed by atoms with Gasteiger partial charge in [0.25, 0.3) is 5.56 Å². The number of carbonyl (C=O) groups excluding carboxylic acids is 1. The smallest absolute Gasteiger partial charge is 0.283 e. The Bertz CT molecular complexity index is 1230. The van der Waals surface area contributed by atoms with Gasteiger partial charge in [-0.15, -0.1) is 0 Å². The monoisotopic (exact) mass is 418 g/mol. The number of para-hydroxylation sites is 1. The van der Waals surface area contributed by atoms with Crippen LogP contribution in [0.2, 0.25) is 0 Å². The van der Waals surface area contributed by atoms with Gasteiger partial charge < -0.3 is 10.3 Å². The van der Waals surface area contributed by atoms with Crippen molar-refractivity contribution in [1.29, 1.82) is 0 Å². The SMILES string of the molecule is Cc1cc2nc(SCC(=O)N[C@@H](C)c3ccccc3)n(-c3ccccc3)c(=O)c2[nH]1. The summed E-state index contributed by atoms with van der Waals surface area (Å²) in [6.07, 6.45) is 0. The van der Waals surface area contributed by atoms with Crippen LogP contribution in [0, 0.1) is 6.92 Å². The molecule has 1 amide bonds. The summed E-state index contributed by atoms with van der Waals surface area (Å²) < 4.78 is 1.55. The molecule has 0 fully saturated rings. The van der Waals surface area contributed by atoms with E-state index in [1.165, 1.54) is 11.8 Å². The highest BCUT2D eigenvalue weighted by molar-refractivity contribution is 7.99. The number of rotatable bonds is 6. The molecule has 0 saturated heterocycles. The second kappa shape index (κ2) is 8.59. The van der Waals surface area contributed by atoms with Gasteiger partial charge >= 0.3 is 0 Å². The molecule has 4 rings (SSSR count). The lowest BCUT2D eigenvalue weighted by Crippen LogP contribution is -2.29. The molecule has 2 aromatic carbocycles. The first-order valence-electron chi connectivity index (χ1n) is 9.68. The fourth-order valence-corrected chi connectivity index (χ4v) is 4.14. The summed E-state index contributed by atoms with van der Waals surface area (Å²) in [5.41, 5.74) is 3.50. The van der Waals surface area contributed by atoms with Crippen LogP contribution in [0.15, 0.2) is 76.7 Å². The van der Waals surface area contributed by atoms with Crippen LogP contribution < -0.4 is 10.9 Å². The summed E-state index contributed by atoms with van der Waals surface area (Å²) in [4.78, 5) is 33.4. The minimum absolute atomic E-state index is 0.0987. The lowest BCUT2D eigenvalue weighted by Gasteiger charge is -2.15. The molecular formula is C23H22N4O2S. The van der Waals surface area contributed by atoms with Crippen LogP contribution in [0.4, 0.5) is 0 Å². The zero-order chi connectivity index (χ0) is 21.1. The molecular weight excluding hydrogens is 396 g/mol. The first-order valence-corrected chi connectivity index (χ1v) is 10.7. The topological polar surface area (TPSA) is 79.8 Å². The summed E-state index contributed by atoms with van der Waals surface area (Å²) >= 11 is 1.25. The van der Waals surface area contributed by atoms with Crippen molar-refractivity contribution in [3.63, 3.8) is 0 Å². The number of fused-ring (bicyclic) bond motifs is 1. The highest BCUT2D eigenvalue weighted by Crippen LogP contribution is 2.22. The largest absolute Gasteiger partial charge is 0.353 e. The van der Waals surface area contributed by atoms with E-state index in [4.69, 9.17) is 0 Å². The van der Waals surface area contributed by atoms with E-state index in [1.54, 1.807) is 4.57 Å². The van der Waals surface area contributed by atoms with Crippen molar-refractivity contribution in [3.8, 4) is 5.69 Å². The van der Waals surface area contributed by atoms with E-state index in [9.17, 15) is 9.59 Å². The minimum atomic E-state index is -0.181. The molecule has 1 atom stereocenters. The fourth-order valence-electron chi connectivity index (χ4n) is 3.32. The van der Waals surface area contributed by atoms with E-state index < -0.39 is 0 Å². The second-order valence-electron chi connectivity index (χ2n) is 7.07. The molecule has 0 saturated carbocycles. The summed E-state index contributed by atoms with van der Waals surface area (Å²) in [5, 5.41) is 3.49. The number of thioether (sulfide) groups is 1. The standard InChI is InChI=1S/C23H22N4O2S/c1-15-13-19-21(24-15)22(29)27(18-11-7-4-8-12-18)23(26-19)30-14-20(28)25-16(2)17-9-5-3-6-10-17/h3-13,16,24H,14H2,1-2H3,(H,25,28)/t16-/m0/s1. The number of H-pyrrole nitrogens is 1. The van der Waals surface area contributed by atoms with Crippen LogP contribution in [0.5, 0.6) is 0 Å². The summed E-state index contributed by atoms with van der Waals surface area (Å²) in [5.74, 6) is 0.0429. The predicted octanol–water partition coefficient (Wildman–Crippen LogP) is 3.99. The van der Waals surface area contributed by atoms with E-state index >= 15 is 0 Å². The summed E-state index contributed by atoms with van der Waals surface area (Å²) in [6, 6.07) is 20.9. The zero-order valence-electron chi connectivity index (χ0n) is 16.8. The Balaban J connectivity index is 1.60. The highest BCUT2D eigenvalue weighted by atomic mass is 32.2. The van der Waals surface area contributed by atoms with Gasteiger partial charge in [-0.2, -0.15) is 0 Å². The van der Waals surface area contributed by atoms with Gasteiger partial charge in [-0.3, -0.25) is 14.2 Å². The Labute approximate surface area is 178 Å². The van der Waals surface area contributed by atoms with Crippen molar-refractivity contribution in [2.24, 2.45) is 0 Å². The van der Waals surface area contributed by atoms with E-state index in [-0.39, 0.29) is 23.3 Å². The molecule has 2 N–H and O–H groups in total. The quantitative estimate of drug-likeness (QED) is 0.367. The van der Waals surface area contributed by atoms with Crippen LogP contribution in [-0.2, 0) is 4.79 Å². The first kappa shape index (κ1) is 20.0. The average molecular weight is 419 g/mol. The third-order valence-corrected chi connectivity index (χ3v) is 5.72. The maximum absolute atomic E-state index is 13.1. The molecule has 30 heavy (non-hydrogen) atoms. The number of aromatic amines is 1. The van der Waals surface area contributed by atoms with Gasteiger partial charge in [0.1, 0.15) is 5.52 Å². The lowest BCUT2D eigenvalue weighted by molar-refractivity contribution is -0.119. The molecule has 0 aliphatic carbocycles. The molecule has 2 aromatic heterocycles. The molecule has 152 valence electrons. The van der Waals surface area contributed by atoms with Crippen LogP contribution in [-0.4, -0.2) is 26.2 Å². The van der Waals surface area contributed by atoms with Crippen molar-refractivity contribution in [2.45, 2.75) is 25.0 Å². The molecule has 4 aromatic rings. The lowest BCUT2D eigenvalue weighted by atomic mass is 10.1. The Morgan fingerprint density at radius 1 is 1.13 bits per heavy atom. The van der Waals surface area contributed by atoms with Crippen LogP contribution in [0.3, 0.4) is 0 Å². The maximum Gasteiger partial charge on any atom is 0.283 e. The molecule has 0 radical (unpaired) electrons. The molecule has 0 aliphatic rings. The van der Waals surface area contributed by atoms with Crippen molar-refractivity contribution in [2.75, 3.05) is 5.75 Å². The highest BCUT2D eigenvalue weighted by Gasteiger charge is 2.17. The summed E-state index contributed by atoms with van der Waals surface area (Å²) in [6.45, 7) is 3.84. The van der Waals surface area contributed by atoms with Gasteiger partial charge in [-0.1, -0.05) is 60.3 Å². The number of aryl methyl sites for hydroxylation is 1. The Morgan fingerprint density at radius 3 is 2.50 bits per heavy atom. The Hall–Kier alpha value is -3.32. The van der Waals surface area contributed by atoms with Gasteiger partial charge in [0, 0.05) is 5.69 Å². The maximum atomic E-state index is 13.1. The van der Waals surface area contributed by atoms with Crippen molar-refractivity contribution < 1.29 is 4.79 Å². The van der Waals surface area contributed by atoms with Crippen molar-refractivity contribution in [1.82, 2.24) is 19.9 Å². The second-order valence-corrected chi connectivity index (χ2v) is 8.01. The number of benzene rings is 2. The number of carbonyl (C=O) groups is 1. The Morgan fingerprint density at radius 2 is 1.80 bits per heavy atom. The molecule has 7 heteroatoms. The Kier molecular flexibility index (Phi) is 5.72. The number of amides is 1. The fraction of sp³-hybridized carbons (Fsp3) is 0.174. The number of nitrogens with zero attached hydrogens (tertiary/aromatic N) is 2. The molecule has 2 heterocycles. The van der Waals surface area contributed by atoms with Crippen molar-refractivity contribution >= 4 is 28.7 Å². The van der Waals surface area contributed by atoms with E-state index in [0.29, 0.717) is 21.9 Å². The number of hydrogen-bond donors (Lipinski definition) is 2. The molecule has 0 aliphatic heterocycles. The number of nitrogens with one attached hydrogen (secondary N) is 2. The molecule has 0 unspecified atom stereocenters.